The Kier molecular flexibility index (Phi) is 6.55. The molecule has 0 fully saturated rings. The van der Waals surface area contributed by atoms with Crippen LogP contribution in [0.15, 0.2) is 35.1 Å². The largest absolute Gasteiger partial charge is 0.465 e. The number of pyridine rings is 1. The molecule has 27 heavy (non-hydrogen) atoms. The minimum atomic E-state index is -0.658. The first kappa shape index (κ1) is 20.4. The Hall–Kier alpha value is -2.89. The average molecular weight is 371 g/mol. The molecule has 0 amide bonds. The highest BCUT2D eigenvalue weighted by molar-refractivity contribution is 5.81. The number of H-pyrrole nitrogens is 1. The maximum atomic E-state index is 12.7. The van der Waals surface area contributed by atoms with Crippen molar-refractivity contribution in [2.24, 2.45) is 0 Å². The Balaban J connectivity index is 2.71. The van der Waals surface area contributed by atoms with Gasteiger partial charge in [-0.15, -0.1) is 0 Å². The second-order valence-corrected chi connectivity index (χ2v) is 6.61. The highest BCUT2D eigenvalue weighted by Crippen LogP contribution is 2.35. The van der Waals surface area contributed by atoms with Crippen molar-refractivity contribution in [1.29, 1.82) is 0 Å². The van der Waals surface area contributed by atoms with Crippen molar-refractivity contribution in [2.45, 2.75) is 46.5 Å². The van der Waals surface area contributed by atoms with Crippen molar-refractivity contribution in [3.05, 3.63) is 51.9 Å². The SMILES string of the molecule is CCOC(=O)C(C)c1cc(-c2ccccc2C(C)C)c(OC(C)=O)c(=O)[nH]1. The fourth-order valence-corrected chi connectivity index (χ4v) is 2.89. The molecule has 2 aromatic rings. The molecule has 6 nitrogen and oxygen atoms in total. The van der Waals surface area contributed by atoms with E-state index in [-0.39, 0.29) is 18.3 Å². The van der Waals surface area contributed by atoms with Crippen molar-refractivity contribution in [2.75, 3.05) is 6.61 Å². The Morgan fingerprint density at radius 2 is 1.78 bits per heavy atom. The Morgan fingerprint density at radius 3 is 2.37 bits per heavy atom. The zero-order valence-electron chi connectivity index (χ0n) is 16.3. The van der Waals surface area contributed by atoms with E-state index < -0.39 is 23.4 Å². The molecule has 0 radical (unpaired) electrons. The van der Waals surface area contributed by atoms with Crippen LogP contribution in [0.5, 0.6) is 5.75 Å². The van der Waals surface area contributed by atoms with E-state index in [1.165, 1.54) is 6.92 Å². The van der Waals surface area contributed by atoms with Gasteiger partial charge in [0.1, 0.15) is 0 Å². The molecule has 2 rings (SSSR count). The number of carbonyl (C=O) groups excluding carboxylic acids is 2. The Morgan fingerprint density at radius 1 is 1.11 bits per heavy atom. The lowest BCUT2D eigenvalue weighted by Crippen LogP contribution is -2.21. The Labute approximate surface area is 158 Å². The van der Waals surface area contributed by atoms with Crippen LogP contribution in [0, 0.1) is 0 Å². The maximum Gasteiger partial charge on any atom is 0.314 e. The quantitative estimate of drug-likeness (QED) is 0.782. The molecule has 1 heterocycles. The Bertz CT molecular complexity index is 898. The molecule has 0 aliphatic carbocycles. The average Bonchev–Trinajstić information content (AvgIpc) is 2.62. The van der Waals surface area contributed by atoms with E-state index in [1.54, 1.807) is 19.9 Å². The summed E-state index contributed by atoms with van der Waals surface area (Å²) >= 11 is 0. The molecule has 1 unspecified atom stereocenters. The van der Waals surface area contributed by atoms with Gasteiger partial charge in [-0.1, -0.05) is 38.1 Å². The zero-order chi connectivity index (χ0) is 20.1. The van der Waals surface area contributed by atoms with Crippen LogP contribution in [-0.4, -0.2) is 23.5 Å². The van der Waals surface area contributed by atoms with Crippen LogP contribution >= 0.6 is 0 Å². The molecule has 0 aliphatic rings. The van der Waals surface area contributed by atoms with Gasteiger partial charge in [0.05, 0.1) is 12.5 Å². The summed E-state index contributed by atoms with van der Waals surface area (Å²) in [5.74, 6) is -1.56. The van der Waals surface area contributed by atoms with Crippen LogP contribution in [0.25, 0.3) is 11.1 Å². The number of hydrogen-bond acceptors (Lipinski definition) is 5. The molecule has 0 bridgehead atoms. The predicted molar refractivity (Wildman–Crippen MR) is 103 cm³/mol. The maximum absolute atomic E-state index is 12.7. The third-order valence-electron chi connectivity index (χ3n) is 4.23. The summed E-state index contributed by atoms with van der Waals surface area (Å²) in [6.45, 7) is 8.96. The van der Waals surface area contributed by atoms with Gasteiger partial charge in [0.25, 0.3) is 5.56 Å². The van der Waals surface area contributed by atoms with E-state index in [2.05, 4.69) is 4.98 Å². The number of aromatic amines is 1. The second-order valence-electron chi connectivity index (χ2n) is 6.61. The third-order valence-corrected chi connectivity index (χ3v) is 4.23. The van der Waals surface area contributed by atoms with Crippen LogP contribution < -0.4 is 10.3 Å². The number of ether oxygens (including phenoxy) is 2. The standard InChI is InChI=1S/C21H25NO5/c1-6-26-21(25)13(4)18-11-17(19(20(24)22-18)27-14(5)23)16-10-8-7-9-15(16)12(2)3/h7-13H,6H2,1-5H3,(H,22,24). The highest BCUT2D eigenvalue weighted by atomic mass is 16.5. The summed E-state index contributed by atoms with van der Waals surface area (Å²) in [5.41, 5.74) is 2.11. The van der Waals surface area contributed by atoms with E-state index in [1.807, 2.05) is 38.1 Å². The molecular formula is C21H25NO5. The molecule has 1 N–H and O–H groups in total. The minimum absolute atomic E-state index is 0.0737. The lowest BCUT2D eigenvalue weighted by atomic mass is 9.91. The number of esters is 2. The fourth-order valence-electron chi connectivity index (χ4n) is 2.89. The zero-order valence-corrected chi connectivity index (χ0v) is 16.3. The molecule has 0 saturated carbocycles. The van der Waals surface area contributed by atoms with E-state index in [9.17, 15) is 14.4 Å². The van der Waals surface area contributed by atoms with Crippen LogP contribution in [0.1, 0.15) is 57.7 Å². The molecule has 1 aromatic carbocycles. The summed E-state index contributed by atoms with van der Waals surface area (Å²) in [7, 11) is 0. The molecule has 1 atom stereocenters. The van der Waals surface area contributed by atoms with E-state index in [4.69, 9.17) is 9.47 Å². The summed E-state index contributed by atoms with van der Waals surface area (Å²) in [6, 6.07) is 9.29. The summed E-state index contributed by atoms with van der Waals surface area (Å²) < 4.78 is 10.3. The van der Waals surface area contributed by atoms with Crippen molar-refractivity contribution in [1.82, 2.24) is 4.98 Å². The summed E-state index contributed by atoms with van der Waals surface area (Å²) in [4.78, 5) is 38.9. The topological polar surface area (TPSA) is 85.5 Å². The molecule has 0 aliphatic heterocycles. The van der Waals surface area contributed by atoms with Crippen molar-refractivity contribution < 1.29 is 19.1 Å². The molecule has 0 saturated heterocycles. The van der Waals surface area contributed by atoms with Crippen molar-refractivity contribution in [3.8, 4) is 16.9 Å². The van der Waals surface area contributed by atoms with Gasteiger partial charge in [0, 0.05) is 18.2 Å². The normalized spacial score (nSPS) is 11.9. The number of rotatable bonds is 6. The third kappa shape index (κ3) is 4.64. The number of benzene rings is 1. The summed E-state index contributed by atoms with van der Waals surface area (Å²) in [6.07, 6.45) is 0. The monoisotopic (exact) mass is 371 g/mol. The first-order valence-electron chi connectivity index (χ1n) is 8.97. The van der Waals surface area contributed by atoms with E-state index in [0.717, 1.165) is 11.1 Å². The molecule has 1 aromatic heterocycles. The fraction of sp³-hybridized carbons (Fsp3) is 0.381. The first-order chi connectivity index (χ1) is 12.8. The molecular weight excluding hydrogens is 346 g/mol. The van der Waals surface area contributed by atoms with E-state index >= 15 is 0 Å². The predicted octanol–water partition coefficient (Wildman–Crippen LogP) is 3.76. The van der Waals surface area contributed by atoms with Crippen LogP contribution in [0.2, 0.25) is 0 Å². The van der Waals surface area contributed by atoms with Crippen LogP contribution in [-0.2, 0) is 14.3 Å². The van der Waals surface area contributed by atoms with Gasteiger partial charge in [0.2, 0.25) is 5.75 Å². The van der Waals surface area contributed by atoms with Gasteiger partial charge in [-0.3, -0.25) is 14.4 Å². The minimum Gasteiger partial charge on any atom is -0.465 e. The number of carbonyl (C=O) groups is 2. The van der Waals surface area contributed by atoms with Gasteiger partial charge in [-0.25, -0.2) is 0 Å². The summed E-state index contributed by atoms with van der Waals surface area (Å²) in [5, 5.41) is 0. The first-order valence-corrected chi connectivity index (χ1v) is 8.97. The van der Waals surface area contributed by atoms with Crippen molar-refractivity contribution >= 4 is 11.9 Å². The lowest BCUT2D eigenvalue weighted by molar-refractivity contribution is -0.144. The highest BCUT2D eigenvalue weighted by Gasteiger charge is 2.23. The molecule has 0 spiro atoms. The van der Waals surface area contributed by atoms with E-state index in [0.29, 0.717) is 11.3 Å². The van der Waals surface area contributed by atoms with Gasteiger partial charge in [-0.2, -0.15) is 0 Å². The second kappa shape index (κ2) is 8.66. The smallest absolute Gasteiger partial charge is 0.314 e. The van der Waals surface area contributed by atoms with Gasteiger partial charge >= 0.3 is 11.9 Å². The number of hydrogen-bond donors (Lipinski definition) is 1. The number of nitrogens with one attached hydrogen (secondary N) is 1. The van der Waals surface area contributed by atoms with Crippen LogP contribution in [0.3, 0.4) is 0 Å². The molecule has 6 heteroatoms. The molecule has 144 valence electrons. The van der Waals surface area contributed by atoms with Crippen LogP contribution in [0.4, 0.5) is 0 Å². The number of aromatic nitrogens is 1. The van der Waals surface area contributed by atoms with Gasteiger partial charge < -0.3 is 14.5 Å². The van der Waals surface area contributed by atoms with Gasteiger partial charge in [-0.05, 0) is 37.0 Å². The van der Waals surface area contributed by atoms with Gasteiger partial charge in [0.15, 0.2) is 0 Å². The van der Waals surface area contributed by atoms with Crippen molar-refractivity contribution in [3.63, 3.8) is 0 Å². The lowest BCUT2D eigenvalue weighted by Gasteiger charge is -2.18.